The summed E-state index contributed by atoms with van der Waals surface area (Å²) in [6, 6.07) is 7.77. The van der Waals surface area contributed by atoms with Gasteiger partial charge in [-0.05, 0) is 24.3 Å². The van der Waals surface area contributed by atoms with Crippen molar-refractivity contribution in [1.82, 2.24) is 4.98 Å². The minimum absolute atomic E-state index is 0.0135. The monoisotopic (exact) mass is 254 g/mol. The number of nitrogen functional groups attached to an aromatic ring is 1. The molecule has 0 bridgehead atoms. The Morgan fingerprint density at radius 1 is 1.06 bits per heavy atom. The molecule has 3 nitrogen and oxygen atoms in total. The normalized spacial score (nSPS) is 11.5. The number of pyridine rings is 1. The van der Waals surface area contributed by atoms with Crippen LogP contribution in [-0.4, -0.2) is 10.1 Å². The number of halogens is 3. The van der Waals surface area contributed by atoms with Crippen molar-refractivity contribution < 1.29 is 18.3 Å². The number of alkyl halides is 3. The lowest BCUT2D eigenvalue weighted by atomic mass is 10.1. The predicted molar refractivity (Wildman–Crippen MR) is 60.8 cm³/mol. The van der Waals surface area contributed by atoms with Crippen molar-refractivity contribution >= 4 is 5.69 Å². The fourth-order valence-electron chi connectivity index (χ4n) is 1.57. The average molecular weight is 254 g/mol. The summed E-state index contributed by atoms with van der Waals surface area (Å²) in [4.78, 5) is 3.47. The van der Waals surface area contributed by atoms with E-state index in [0.29, 0.717) is 0 Å². The Labute approximate surface area is 101 Å². The van der Waals surface area contributed by atoms with Crippen LogP contribution in [-0.2, 0) is 6.18 Å². The highest BCUT2D eigenvalue weighted by molar-refractivity contribution is 5.79. The summed E-state index contributed by atoms with van der Waals surface area (Å²) in [6.45, 7) is 0. The van der Waals surface area contributed by atoms with Gasteiger partial charge in [-0.1, -0.05) is 12.1 Å². The maximum absolute atomic E-state index is 12.5. The zero-order valence-corrected chi connectivity index (χ0v) is 9.07. The van der Waals surface area contributed by atoms with Gasteiger partial charge in [-0.2, -0.15) is 13.2 Å². The predicted octanol–water partition coefficient (Wildman–Crippen LogP) is 3.06. The molecule has 0 saturated heterocycles. The van der Waals surface area contributed by atoms with Crippen molar-refractivity contribution in [2.75, 3.05) is 5.73 Å². The van der Waals surface area contributed by atoms with Gasteiger partial charge in [-0.3, -0.25) is 0 Å². The van der Waals surface area contributed by atoms with Gasteiger partial charge in [0.25, 0.3) is 0 Å². The molecule has 1 heterocycles. The number of phenols is 1. The second-order valence-corrected chi connectivity index (χ2v) is 3.65. The molecule has 0 aliphatic heterocycles. The molecule has 3 N–H and O–H groups in total. The van der Waals surface area contributed by atoms with Crippen LogP contribution >= 0.6 is 0 Å². The van der Waals surface area contributed by atoms with E-state index in [2.05, 4.69) is 4.98 Å². The summed E-state index contributed by atoms with van der Waals surface area (Å²) < 4.78 is 37.6. The molecule has 6 heteroatoms. The highest BCUT2D eigenvalue weighted by Crippen LogP contribution is 2.35. The van der Waals surface area contributed by atoms with Crippen LogP contribution in [0.1, 0.15) is 5.69 Å². The standard InChI is InChI=1S/C12H9F3N2O/c13-12(14,15)10-6-2-4-8(17-10)11-7(16)3-1-5-9(11)18/h1-6,18H,16H2. The Morgan fingerprint density at radius 3 is 2.33 bits per heavy atom. The van der Waals surface area contributed by atoms with E-state index < -0.39 is 11.9 Å². The molecule has 1 aromatic heterocycles. The molecule has 0 atom stereocenters. The van der Waals surface area contributed by atoms with Crippen LogP contribution < -0.4 is 5.73 Å². The van der Waals surface area contributed by atoms with Crippen molar-refractivity contribution in [2.24, 2.45) is 0 Å². The van der Waals surface area contributed by atoms with E-state index in [1.165, 1.54) is 30.3 Å². The molecular weight excluding hydrogens is 245 g/mol. The van der Waals surface area contributed by atoms with Gasteiger partial charge < -0.3 is 10.8 Å². The Balaban J connectivity index is 2.59. The van der Waals surface area contributed by atoms with E-state index in [0.717, 1.165) is 6.07 Å². The van der Waals surface area contributed by atoms with Crippen LogP contribution in [0.25, 0.3) is 11.3 Å². The zero-order valence-electron chi connectivity index (χ0n) is 9.07. The van der Waals surface area contributed by atoms with Crippen LogP contribution in [0.3, 0.4) is 0 Å². The molecule has 0 spiro atoms. The smallest absolute Gasteiger partial charge is 0.433 e. The summed E-state index contributed by atoms with van der Waals surface area (Å²) in [5.41, 5.74) is 4.86. The lowest BCUT2D eigenvalue weighted by Gasteiger charge is -2.10. The van der Waals surface area contributed by atoms with E-state index in [1.807, 2.05) is 0 Å². The zero-order chi connectivity index (χ0) is 13.3. The summed E-state index contributed by atoms with van der Waals surface area (Å²) >= 11 is 0. The molecule has 0 aliphatic rings. The molecule has 0 fully saturated rings. The average Bonchev–Trinajstić information content (AvgIpc) is 2.28. The quantitative estimate of drug-likeness (QED) is 0.769. The van der Waals surface area contributed by atoms with Crippen LogP contribution in [0.4, 0.5) is 18.9 Å². The topological polar surface area (TPSA) is 59.1 Å². The number of hydrogen-bond acceptors (Lipinski definition) is 3. The van der Waals surface area contributed by atoms with Gasteiger partial charge in [0.15, 0.2) is 0 Å². The number of rotatable bonds is 1. The van der Waals surface area contributed by atoms with Gasteiger partial charge in [0.2, 0.25) is 0 Å². The first kappa shape index (κ1) is 12.2. The molecule has 0 unspecified atom stereocenters. The Hall–Kier alpha value is -2.24. The fourth-order valence-corrected chi connectivity index (χ4v) is 1.57. The van der Waals surface area contributed by atoms with Crippen molar-refractivity contribution in [3.8, 4) is 17.0 Å². The largest absolute Gasteiger partial charge is 0.507 e. The number of phenolic OH excluding ortho intramolecular Hbond substituents is 1. The molecule has 2 rings (SSSR count). The molecule has 2 aromatic rings. The number of anilines is 1. The number of nitrogens with zero attached hydrogens (tertiary/aromatic N) is 1. The van der Waals surface area contributed by atoms with Gasteiger partial charge in [-0.25, -0.2) is 4.98 Å². The van der Waals surface area contributed by atoms with Crippen molar-refractivity contribution in [2.45, 2.75) is 6.18 Å². The molecule has 0 saturated carbocycles. The van der Waals surface area contributed by atoms with E-state index in [-0.39, 0.29) is 22.7 Å². The summed E-state index contributed by atoms with van der Waals surface area (Å²) in [6.07, 6.45) is -4.53. The third-order valence-corrected chi connectivity index (χ3v) is 2.37. The fraction of sp³-hybridized carbons (Fsp3) is 0.0833. The number of hydrogen-bond donors (Lipinski definition) is 2. The number of aromatic hydroxyl groups is 1. The van der Waals surface area contributed by atoms with Gasteiger partial charge in [0, 0.05) is 5.69 Å². The Kier molecular flexibility index (Phi) is 2.86. The maximum Gasteiger partial charge on any atom is 0.433 e. The first-order valence-electron chi connectivity index (χ1n) is 5.01. The number of benzene rings is 1. The molecule has 0 aliphatic carbocycles. The lowest BCUT2D eigenvalue weighted by Crippen LogP contribution is -2.08. The first-order chi connectivity index (χ1) is 8.39. The molecular formula is C12H9F3N2O. The molecule has 1 aromatic carbocycles. The second-order valence-electron chi connectivity index (χ2n) is 3.65. The summed E-state index contributed by atoms with van der Waals surface area (Å²) in [7, 11) is 0. The number of aromatic nitrogens is 1. The van der Waals surface area contributed by atoms with Crippen molar-refractivity contribution in [1.29, 1.82) is 0 Å². The first-order valence-corrected chi connectivity index (χ1v) is 5.01. The van der Waals surface area contributed by atoms with E-state index in [1.54, 1.807) is 0 Å². The van der Waals surface area contributed by atoms with Gasteiger partial charge >= 0.3 is 6.18 Å². The third-order valence-electron chi connectivity index (χ3n) is 2.37. The van der Waals surface area contributed by atoms with Gasteiger partial charge in [0.05, 0.1) is 11.3 Å². The second kappa shape index (κ2) is 4.21. The van der Waals surface area contributed by atoms with Crippen LogP contribution in [0.2, 0.25) is 0 Å². The maximum atomic E-state index is 12.5. The molecule has 94 valence electrons. The molecule has 0 amide bonds. The van der Waals surface area contributed by atoms with E-state index >= 15 is 0 Å². The molecule has 18 heavy (non-hydrogen) atoms. The van der Waals surface area contributed by atoms with Crippen molar-refractivity contribution in [3.05, 3.63) is 42.1 Å². The minimum Gasteiger partial charge on any atom is -0.507 e. The summed E-state index contributed by atoms with van der Waals surface area (Å²) in [5, 5.41) is 9.64. The Bertz CT molecular complexity index is 562. The van der Waals surface area contributed by atoms with Gasteiger partial charge in [-0.15, -0.1) is 0 Å². The van der Waals surface area contributed by atoms with E-state index in [4.69, 9.17) is 5.73 Å². The SMILES string of the molecule is Nc1cccc(O)c1-c1cccc(C(F)(F)F)n1. The van der Waals surface area contributed by atoms with Crippen LogP contribution in [0, 0.1) is 0 Å². The van der Waals surface area contributed by atoms with Crippen molar-refractivity contribution in [3.63, 3.8) is 0 Å². The third kappa shape index (κ3) is 2.22. The van der Waals surface area contributed by atoms with Crippen LogP contribution in [0.5, 0.6) is 5.75 Å². The van der Waals surface area contributed by atoms with E-state index in [9.17, 15) is 18.3 Å². The number of nitrogens with two attached hydrogens (primary N) is 1. The highest BCUT2D eigenvalue weighted by atomic mass is 19.4. The lowest BCUT2D eigenvalue weighted by molar-refractivity contribution is -0.141. The van der Waals surface area contributed by atoms with Crippen LogP contribution in [0.15, 0.2) is 36.4 Å². The molecule has 0 radical (unpaired) electrons. The minimum atomic E-state index is -4.53. The summed E-state index contributed by atoms with van der Waals surface area (Å²) in [5.74, 6) is -0.207. The van der Waals surface area contributed by atoms with Gasteiger partial charge in [0.1, 0.15) is 11.4 Å². The Morgan fingerprint density at radius 2 is 1.72 bits per heavy atom. The highest BCUT2D eigenvalue weighted by Gasteiger charge is 2.32.